The minimum Gasteiger partial charge on any atom is -0.0622 e. The van der Waals surface area contributed by atoms with E-state index in [4.69, 9.17) is 0 Å². The maximum absolute atomic E-state index is 2.67. The molecule has 0 bridgehead atoms. The van der Waals surface area contributed by atoms with Crippen LogP contribution in [0.15, 0.2) is 48.5 Å². The molecule has 4 saturated carbocycles. The molecule has 0 heteroatoms. The molecule has 0 saturated heterocycles. The highest BCUT2D eigenvalue weighted by molar-refractivity contribution is 5.32. The Morgan fingerprint density at radius 2 is 0.755 bits per heavy atom. The van der Waals surface area contributed by atoms with Gasteiger partial charge in [0.1, 0.15) is 0 Å². The fraction of sp³-hybridized carbons (Fsp3) is 0.755. The number of rotatable bonds is 4. The molecule has 49 heavy (non-hydrogen) atoms. The first kappa shape index (κ1) is 37.2. The fourth-order valence-electron chi connectivity index (χ4n) is 12.2. The summed E-state index contributed by atoms with van der Waals surface area (Å²) < 4.78 is 0. The zero-order valence-corrected chi connectivity index (χ0v) is 34.5. The van der Waals surface area contributed by atoms with E-state index in [0.717, 1.165) is 71.0 Å². The van der Waals surface area contributed by atoms with Crippen LogP contribution in [-0.2, 0) is 10.8 Å². The third-order valence-electron chi connectivity index (χ3n) is 15.6. The summed E-state index contributed by atoms with van der Waals surface area (Å²) in [6.07, 6.45) is 10.1. The predicted octanol–water partition coefficient (Wildman–Crippen LogP) is 14.2. The highest BCUT2D eigenvalue weighted by atomic mass is 14.6. The smallest absolute Gasteiger partial charge is 0.0128 e. The van der Waals surface area contributed by atoms with Gasteiger partial charge in [0.25, 0.3) is 0 Å². The summed E-state index contributed by atoms with van der Waals surface area (Å²) in [5.41, 5.74) is 7.39. The molecule has 2 aromatic carbocycles. The van der Waals surface area contributed by atoms with Gasteiger partial charge in [-0.25, -0.2) is 0 Å². The van der Waals surface area contributed by atoms with E-state index in [9.17, 15) is 0 Å². The van der Waals surface area contributed by atoms with Crippen molar-refractivity contribution in [2.75, 3.05) is 0 Å². The van der Waals surface area contributed by atoms with Crippen LogP contribution in [0, 0.1) is 70.0 Å². The summed E-state index contributed by atoms with van der Waals surface area (Å²) >= 11 is 0. The van der Waals surface area contributed by atoms with Crippen LogP contribution in [0.3, 0.4) is 0 Å². The zero-order valence-electron chi connectivity index (χ0n) is 34.5. The van der Waals surface area contributed by atoms with Crippen LogP contribution in [0.2, 0.25) is 0 Å². The van der Waals surface area contributed by atoms with E-state index >= 15 is 0 Å². The Morgan fingerprint density at radius 3 is 1.04 bits per heavy atom. The molecular formula is C49H76. The number of hydrogen-bond donors (Lipinski definition) is 0. The van der Waals surface area contributed by atoms with E-state index in [1.165, 1.54) is 56.1 Å². The van der Waals surface area contributed by atoms with Crippen LogP contribution < -0.4 is 0 Å². The topological polar surface area (TPSA) is 0 Å². The van der Waals surface area contributed by atoms with Crippen LogP contribution >= 0.6 is 0 Å². The molecule has 0 aliphatic heterocycles. The molecular weight excluding hydrogens is 589 g/mol. The van der Waals surface area contributed by atoms with Crippen molar-refractivity contribution in [3.05, 3.63) is 70.8 Å². The number of benzene rings is 2. The minimum absolute atomic E-state index is 0.213. The average molecular weight is 665 g/mol. The van der Waals surface area contributed by atoms with Crippen molar-refractivity contribution < 1.29 is 0 Å². The molecule has 12 unspecified atom stereocenters. The maximum Gasteiger partial charge on any atom is -0.0128 e. The van der Waals surface area contributed by atoms with Crippen molar-refractivity contribution in [1.82, 2.24) is 0 Å². The quantitative estimate of drug-likeness (QED) is 0.305. The molecule has 0 aromatic heterocycles. The maximum atomic E-state index is 2.67. The van der Waals surface area contributed by atoms with Gasteiger partial charge in [-0.2, -0.15) is 0 Å². The van der Waals surface area contributed by atoms with E-state index in [-0.39, 0.29) is 10.8 Å². The molecule has 4 aliphatic rings. The summed E-state index contributed by atoms with van der Waals surface area (Å²) in [6.45, 7) is 34.7. The molecule has 272 valence electrons. The summed E-state index contributed by atoms with van der Waals surface area (Å²) in [6, 6.07) is 20.0. The Kier molecular flexibility index (Phi) is 9.97. The molecule has 0 N–H and O–H groups in total. The second-order valence-corrected chi connectivity index (χ2v) is 22.7. The lowest BCUT2D eigenvalue weighted by atomic mass is 9.57. The lowest BCUT2D eigenvalue weighted by molar-refractivity contribution is 0.0466. The van der Waals surface area contributed by atoms with E-state index < -0.39 is 0 Å². The van der Waals surface area contributed by atoms with Crippen molar-refractivity contribution in [1.29, 1.82) is 0 Å². The highest BCUT2D eigenvalue weighted by Gasteiger charge is 2.55. The fourth-order valence-corrected chi connectivity index (χ4v) is 12.2. The van der Waals surface area contributed by atoms with Gasteiger partial charge >= 0.3 is 0 Å². The summed E-state index contributed by atoms with van der Waals surface area (Å²) in [5, 5.41) is 0. The van der Waals surface area contributed by atoms with Crippen LogP contribution in [-0.4, -0.2) is 0 Å². The van der Waals surface area contributed by atoms with Crippen molar-refractivity contribution in [3.63, 3.8) is 0 Å². The molecule has 4 aliphatic carbocycles. The van der Waals surface area contributed by atoms with E-state index in [1.807, 2.05) is 0 Å². The minimum atomic E-state index is 0.213. The average Bonchev–Trinajstić information content (AvgIpc) is 3.49. The number of hydrogen-bond acceptors (Lipinski definition) is 0. The Hall–Kier alpha value is -1.56. The second kappa shape index (κ2) is 13.1. The first-order chi connectivity index (χ1) is 22.6. The molecule has 12 atom stereocenters. The van der Waals surface area contributed by atoms with E-state index in [1.54, 1.807) is 11.1 Å². The largest absolute Gasteiger partial charge is 0.0622 e. The number of fused-ring (bicyclic) bond motifs is 2. The Morgan fingerprint density at radius 1 is 0.429 bits per heavy atom. The predicted molar refractivity (Wildman–Crippen MR) is 213 cm³/mol. The highest BCUT2D eigenvalue weighted by Crippen LogP contribution is 2.64. The Balaban J connectivity index is 1.28. The summed E-state index contributed by atoms with van der Waals surface area (Å²) in [5.74, 6) is 10.0. The van der Waals surface area contributed by atoms with Gasteiger partial charge in [-0.15, -0.1) is 0 Å². The lowest BCUT2D eigenvalue weighted by Crippen LogP contribution is -2.38. The SMILES string of the molecule is CC1CC2C(c3ccc(C(C)(C)C)cc3)CC(C(C)(C)C)CC2C1CC1C(C)CC2C(c3ccc(C(C)(C)C)cc3)CC(C(C)(C)C)CC12. The molecule has 0 radical (unpaired) electrons. The monoisotopic (exact) mass is 665 g/mol. The van der Waals surface area contributed by atoms with Crippen LogP contribution in [0.25, 0.3) is 0 Å². The Labute approximate surface area is 304 Å². The molecule has 0 spiro atoms. The van der Waals surface area contributed by atoms with Crippen molar-refractivity contribution in [2.45, 2.75) is 165 Å². The second-order valence-electron chi connectivity index (χ2n) is 22.7. The molecule has 0 amide bonds. The van der Waals surface area contributed by atoms with Gasteiger partial charge in [-0.05, 0) is 160 Å². The van der Waals surface area contributed by atoms with Crippen LogP contribution in [0.4, 0.5) is 0 Å². The molecule has 2 aromatic rings. The van der Waals surface area contributed by atoms with Crippen LogP contribution in [0.5, 0.6) is 0 Å². The van der Waals surface area contributed by atoms with Gasteiger partial charge in [-0.3, -0.25) is 0 Å². The van der Waals surface area contributed by atoms with Gasteiger partial charge < -0.3 is 0 Å². The third kappa shape index (κ3) is 7.52. The van der Waals surface area contributed by atoms with Gasteiger partial charge in [0.2, 0.25) is 0 Å². The third-order valence-corrected chi connectivity index (χ3v) is 15.6. The molecule has 6 rings (SSSR count). The lowest BCUT2D eigenvalue weighted by Gasteiger charge is -2.47. The normalized spacial score (nSPS) is 37.2. The van der Waals surface area contributed by atoms with Gasteiger partial charge in [0.15, 0.2) is 0 Å². The first-order valence-electron chi connectivity index (χ1n) is 20.8. The summed E-state index contributed by atoms with van der Waals surface area (Å²) in [4.78, 5) is 0. The van der Waals surface area contributed by atoms with Gasteiger partial charge in [0.05, 0.1) is 0 Å². The van der Waals surface area contributed by atoms with E-state index in [0.29, 0.717) is 10.8 Å². The van der Waals surface area contributed by atoms with Crippen molar-refractivity contribution in [3.8, 4) is 0 Å². The molecule has 0 nitrogen and oxygen atoms in total. The van der Waals surface area contributed by atoms with Crippen molar-refractivity contribution >= 4 is 0 Å². The van der Waals surface area contributed by atoms with Gasteiger partial charge in [-0.1, -0.05) is 145 Å². The van der Waals surface area contributed by atoms with Gasteiger partial charge in [0, 0.05) is 0 Å². The first-order valence-corrected chi connectivity index (χ1v) is 20.8. The molecule has 4 fully saturated rings. The van der Waals surface area contributed by atoms with Crippen molar-refractivity contribution in [2.24, 2.45) is 70.0 Å². The van der Waals surface area contributed by atoms with E-state index in [2.05, 4.69) is 145 Å². The molecule has 0 heterocycles. The summed E-state index contributed by atoms with van der Waals surface area (Å²) in [7, 11) is 0. The zero-order chi connectivity index (χ0) is 35.8. The Bertz CT molecular complexity index is 1290. The standard InChI is InChI=1S/C49H76/c1-30-23-42-40(32-15-19-34(20-16-32)46(3,4)5)25-36(48(9,10)11)27-44(42)38(30)29-39-31(2)24-43-41(26-37(28-45(39)43)49(12,13)14)33-17-21-35(22-18-33)47(6,7)8/h15-22,30-31,36-45H,23-29H2,1-14H3. The van der Waals surface area contributed by atoms with Crippen LogP contribution in [0.1, 0.15) is 176 Å².